The molecular weight excluding hydrogens is 259 g/mol. The third-order valence-electron chi connectivity index (χ3n) is 1.77. The van der Waals surface area contributed by atoms with Crippen molar-refractivity contribution in [2.24, 2.45) is 0 Å². The lowest BCUT2D eigenvalue weighted by Crippen LogP contribution is -2.29. The second-order valence-corrected chi connectivity index (χ2v) is 5.17. The van der Waals surface area contributed by atoms with Gasteiger partial charge in [0.2, 0.25) is 0 Å². The highest BCUT2D eigenvalue weighted by Crippen LogP contribution is 2.53. The number of ether oxygens (including phenoxy) is 2. The molecule has 6 nitrogen and oxygen atoms in total. The van der Waals surface area contributed by atoms with Gasteiger partial charge in [-0.2, -0.15) is 0 Å². The number of hydrogen-bond donors (Lipinski definition) is 0. The van der Waals surface area contributed by atoms with Gasteiger partial charge in [-0.15, -0.1) is 6.58 Å². The van der Waals surface area contributed by atoms with E-state index in [0.717, 1.165) is 0 Å². The van der Waals surface area contributed by atoms with Crippen molar-refractivity contribution in [2.75, 3.05) is 26.4 Å². The van der Waals surface area contributed by atoms with Crippen molar-refractivity contribution < 1.29 is 27.9 Å². The summed E-state index contributed by atoms with van der Waals surface area (Å²) in [4.78, 5) is 11.7. The van der Waals surface area contributed by atoms with Gasteiger partial charge in [0.25, 0.3) is 5.85 Å². The molecule has 0 N–H and O–H groups in total. The van der Waals surface area contributed by atoms with Gasteiger partial charge in [-0.25, -0.2) is 4.79 Å². The fourth-order valence-electron chi connectivity index (χ4n) is 1.19. The monoisotopic (exact) mass is 280 g/mol. The Labute approximate surface area is 108 Å². The van der Waals surface area contributed by atoms with E-state index in [-0.39, 0.29) is 26.4 Å². The van der Waals surface area contributed by atoms with Crippen LogP contribution in [0.1, 0.15) is 20.8 Å². The summed E-state index contributed by atoms with van der Waals surface area (Å²) in [7, 11) is -3.69. The smallest absolute Gasteiger partial charge is 0.370 e. The Hall–Kier alpha value is -0.680. The summed E-state index contributed by atoms with van der Waals surface area (Å²) in [6.07, 6.45) is 1.44. The van der Waals surface area contributed by atoms with E-state index in [1.807, 2.05) is 0 Å². The SMILES string of the molecule is C=CCOC(C(=O)OCC)P(=O)(OCC)OCC. The van der Waals surface area contributed by atoms with Crippen molar-refractivity contribution >= 4 is 13.6 Å². The first-order chi connectivity index (χ1) is 8.55. The van der Waals surface area contributed by atoms with E-state index in [1.54, 1.807) is 20.8 Å². The van der Waals surface area contributed by atoms with Gasteiger partial charge in [0.05, 0.1) is 26.4 Å². The molecule has 0 aliphatic carbocycles. The van der Waals surface area contributed by atoms with Crippen molar-refractivity contribution in [1.82, 2.24) is 0 Å². The van der Waals surface area contributed by atoms with Crippen LogP contribution in [0.3, 0.4) is 0 Å². The van der Waals surface area contributed by atoms with Gasteiger partial charge in [0, 0.05) is 0 Å². The van der Waals surface area contributed by atoms with E-state index in [1.165, 1.54) is 6.08 Å². The Kier molecular flexibility index (Phi) is 8.93. The van der Waals surface area contributed by atoms with Crippen LogP contribution in [0.25, 0.3) is 0 Å². The molecule has 1 atom stereocenters. The summed E-state index contributed by atoms with van der Waals surface area (Å²) in [5.41, 5.74) is 0. The van der Waals surface area contributed by atoms with Crippen LogP contribution in [0, 0.1) is 0 Å². The second-order valence-electron chi connectivity index (χ2n) is 3.10. The molecule has 106 valence electrons. The molecule has 0 aromatic rings. The van der Waals surface area contributed by atoms with E-state index < -0.39 is 19.4 Å². The summed E-state index contributed by atoms with van der Waals surface area (Å²) in [5.74, 6) is -2.14. The molecular formula is C11H21O6P. The molecule has 0 heterocycles. The fourth-order valence-corrected chi connectivity index (χ4v) is 2.86. The summed E-state index contributed by atoms with van der Waals surface area (Å²) in [5, 5.41) is 0. The zero-order chi connectivity index (χ0) is 14.0. The number of hydrogen-bond acceptors (Lipinski definition) is 6. The molecule has 0 aliphatic rings. The van der Waals surface area contributed by atoms with Gasteiger partial charge in [0.1, 0.15) is 0 Å². The molecule has 7 heteroatoms. The van der Waals surface area contributed by atoms with Crippen LogP contribution in [0.2, 0.25) is 0 Å². The van der Waals surface area contributed by atoms with E-state index in [9.17, 15) is 9.36 Å². The minimum atomic E-state index is -3.69. The van der Waals surface area contributed by atoms with Crippen molar-refractivity contribution in [3.8, 4) is 0 Å². The van der Waals surface area contributed by atoms with Crippen molar-refractivity contribution in [1.29, 1.82) is 0 Å². The van der Waals surface area contributed by atoms with Gasteiger partial charge in [-0.1, -0.05) is 6.08 Å². The quantitative estimate of drug-likeness (QED) is 0.347. The van der Waals surface area contributed by atoms with E-state index in [2.05, 4.69) is 6.58 Å². The van der Waals surface area contributed by atoms with Gasteiger partial charge >= 0.3 is 13.6 Å². The first-order valence-electron chi connectivity index (χ1n) is 5.83. The third-order valence-corrected chi connectivity index (χ3v) is 3.94. The van der Waals surface area contributed by atoms with Crippen molar-refractivity contribution in [2.45, 2.75) is 26.6 Å². The summed E-state index contributed by atoms with van der Waals surface area (Å²) in [6.45, 7) is 8.91. The number of carbonyl (C=O) groups excluding carboxylic acids is 1. The molecule has 0 aliphatic heterocycles. The van der Waals surface area contributed by atoms with Gasteiger partial charge < -0.3 is 18.5 Å². The molecule has 0 amide bonds. The molecule has 0 radical (unpaired) electrons. The van der Waals surface area contributed by atoms with Crippen LogP contribution in [-0.4, -0.2) is 38.2 Å². The predicted octanol–water partition coefficient (Wildman–Crippen LogP) is 2.34. The standard InChI is InChI=1S/C11H21O6P/c1-5-9-15-11(10(12)14-6-2)18(13,16-7-3)17-8-4/h5,11H,1,6-9H2,2-4H3. The highest BCUT2D eigenvalue weighted by molar-refractivity contribution is 7.55. The minimum absolute atomic E-state index is 0.0492. The molecule has 0 aromatic heterocycles. The third kappa shape index (κ3) is 5.31. The molecule has 0 rings (SSSR count). The average molecular weight is 280 g/mol. The van der Waals surface area contributed by atoms with Crippen LogP contribution in [0.15, 0.2) is 12.7 Å². The molecule has 0 aromatic carbocycles. The Morgan fingerprint density at radius 2 is 1.78 bits per heavy atom. The lowest BCUT2D eigenvalue weighted by Gasteiger charge is -2.24. The normalized spacial score (nSPS) is 13.1. The average Bonchev–Trinajstić information content (AvgIpc) is 2.30. The van der Waals surface area contributed by atoms with Crippen LogP contribution in [-0.2, 0) is 27.9 Å². The number of carbonyl (C=O) groups is 1. The maximum absolute atomic E-state index is 12.4. The fraction of sp³-hybridized carbons (Fsp3) is 0.727. The second kappa shape index (κ2) is 9.28. The van der Waals surface area contributed by atoms with Gasteiger partial charge in [-0.3, -0.25) is 4.57 Å². The number of rotatable bonds is 10. The van der Waals surface area contributed by atoms with E-state index in [0.29, 0.717) is 0 Å². The van der Waals surface area contributed by atoms with Crippen LogP contribution in [0.5, 0.6) is 0 Å². The zero-order valence-corrected chi connectivity index (χ0v) is 12.0. The largest absolute Gasteiger partial charge is 0.464 e. The Bertz CT molecular complexity index is 294. The topological polar surface area (TPSA) is 71.1 Å². The Balaban J connectivity index is 5.01. The summed E-state index contributed by atoms with van der Waals surface area (Å²) >= 11 is 0. The Morgan fingerprint density at radius 3 is 2.17 bits per heavy atom. The number of esters is 1. The molecule has 0 fully saturated rings. The van der Waals surface area contributed by atoms with Crippen molar-refractivity contribution in [3.63, 3.8) is 0 Å². The molecule has 0 saturated heterocycles. The van der Waals surface area contributed by atoms with Gasteiger partial charge in [0.15, 0.2) is 0 Å². The maximum Gasteiger partial charge on any atom is 0.370 e. The highest BCUT2D eigenvalue weighted by atomic mass is 31.2. The highest BCUT2D eigenvalue weighted by Gasteiger charge is 2.43. The first kappa shape index (κ1) is 17.3. The van der Waals surface area contributed by atoms with Crippen LogP contribution < -0.4 is 0 Å². The molecule has 0 spiro atoms. The predicted molar refractivity (Wildman–Crippen MR) is 67.4 cm³/mol. The summed E-state index contributed by atoms with van der Waals surface area (Å²) in [6, 6.07) is 0. The minimum Gasteiger partial charge on any atom is -0.464 e. The lowest BCUT2D eigenvalue weighted by molar-refractivity contribution is -0.151. The van der Waals surface area contributed by atoms with E-state index >= 15 is 0 Å². The molecule has 18 heavy (non-hydrogen) atoms. The maximum atomic E-state index is 12.4. The molecule has 1 unspecified atom stereocenters. The van der Waals surface area contributed by atoms with Crippen molar-refractivity contribution in [3.05, 3.63) is 12.7 Å². The Morgan fingerprint density at radius 1 is 1.22 bits per heavy atom. The van der Waals surface area contributed by atoms with Crippen LogP contribution in [0.4, 0.5) is 0 Å². The van der Waals surface area contributed by atoms with Gasteiger partial charge in [-0.05, 0) is 20.8 Å². The van der Waals surface area contributed by atoms with Crippen LogP contribution >= 0.6 is 7.60 Å². The molecule has 0 bridgehead atoms. The lowest BCUT2D eigenvalue weighted by atomic mass is 10.6. The first-order valence-corrected chi connectivity index (χ1v) is 7.44. The summed E-state index contributed by atoms with van der Waals surface area (Å²) < 4.78 is 32.6. The molecule has 0 saturated carbocycles. The van der Waals surface area contributed by atoms with E-state index in [4.69, 9.17) is 18.5 Å². The zero-order valence-electron chi connectivity index (χ0n) is 11.1.